The van der Waals surface area contributed by atoms with E-state index in [1.54, 1.807) is 4.90 Å². The molecule has 1 aliphatic heterocycles. The van der Waals surface area contributed by atoms with Gasteiger partial charge in [0.1, 0.15) is 0 Å². The van der Waals surface area contributed by atoms with Gasteiger partial charge in [-0.2, -0.15) is 0 Å². The molecule has 0 aromatic heterocycles. The molecule has 1 atom stereocenters. The highest BCUT2D eigenvalue weighted by Crippen LogP contribution is 2.02. The molecule has 1 fully saturated rings. The third kappa shape index (κ3) is 6.00. The lowest BCUT2D eigenvalue weighted by molar-refractivity contribution is -0.132. The van der Waals surface area contributed by atoms with Gasteiger partial charge in [-0.15, -0.1) is 0 Å². The van der Waals surface area contributed by atoms with E-state index in [0.29, 0.717) is 26.2 Å². The molecule has 0 bridgehead atoms. The van der Waals surface area contributed by atoms with Crippen LogP contribution in [0, 0.1) is 0 Å². The minimum absolute atomic E-state index is 0.129. The van der Waals surface area contributed by atoms with Crippen LogP contribution in [0.3, 0.4) is 0 Å². The van der Waals surface area contributed by atoms with E-state index in [-0.39, 0.29) is 12.0 Å². The highest BCUT2D eigenvalue weighted by molar-refractivity contribution is 5.75. The second-order valence-corrected chi connectivity index (χ2v) is 4.27. The predicted molar refractivity (Wildman–Crippen MR) is 66.0 cm³/mol. The molecule has 0 aromatic rings. The summed E-state index contributed by atoms with van der Waals surface area (Å²) in [5.74, 6) is 0.166. The Morgan fingerprint density at radius 3 is 3.06 bits per heavy atom. The number of likely N-dealkylation sites (N-methyl/N-ethyl adjacent to an activating group) is 1. The summed E-state index contributed by atoms with van der Waals surface area (Å²) in [5.41, 5.74) is 0. The average Bonchev–Trinajstić information content (AvgIpc) is 2.35. The van der Waals surface area contributed by atoms with Gasteiger partial charge in [0.15, 0.2) is 0 Å². The first-order valence-corrected chi connectivity index (χ1v) is 6.38. The fourth-order valence-electron chi connectivity index (χ4n) is 1.80. The zero-order valence-corrected chi connectivity index (χ0v) is 10.9. The molecule has 1 heterocycles. The van der Waals surface area contributed by atoms with Crippen LogP contribution >= 0.6 is 0 Å². The highest BCUT2D eigenvalue weighted by Gasteiger charge is 2.18. The number of morpholine rings is 1. The molecular weight excluding hydrogens is 220 g/mol. The fourth-order valence-corrected chi connectivity index (χ4v) is 1.80. The van der Waals surface area contributed by atoms with Gasteiger partial charge in [-0.3, -0.25) is 4.79 Å². The smallest absolute Gasteiger partial charge is 0.222 e. The average molecular weight is 244 g/mol. The third-order valence-electron chi connectivity index (χ3n) is 2.79. The van der Waals surface area contributed by atoms with E-state index in [0.717, 1.165) is 26.1 Å². The summed E-state index contributed by atoms with van der Waals surface area (Å²) in [6.07, 6.45) is 1.47. The molecule has 0 aromatic carbocycles. The monoisotopic (exact) mass is 244 g/mol. The van der Waals surface area contributed by atoms with Gasteiger partial charge in [-0.25, -0.2) is 0 Å². The van der Waals surface area contributed by atoms with E-state index in [1.807, 2.05) is 14.0 Å². The number of carbonyl (C=O) groups excluding carboxylic acids is 1. The summed E-state index contributed by atoms with van der Waals surface area (Å²) in [5, 5.41) is 3.26. The number of hydrogen-bond acceptors (Lipinski definition) is 4. The summed E-state index contributed by atoms with van der Waals surface area (Å²) in [7, 11) is 1.83. The van der Waals surface area contributed by atoms with Crippen molar-refractivity contribution in [3.8, 4) is 0 Å². The zero-order valence-electron chi connectivity index (χ0n) is 10.9. The van der Waals surface area contributed by atoms with Crippen LogP contribution in [0.4, 0.5) is 0 Å². The maximum absolute atomic E-state index is 11.8. The van der Waals surface area contributed by atoms with Gasteiger partial charge in [0.05, 0.1) is 12.7 Å². The van der Waals surface area contributed by atoms with Crippen LogP contribution in [0.5, 0.6) is 0 Å². The van der Waals surface area contributed by atoms with Crippen LogP contribution in [0.25, 0.3) is 0 Å². The summed E-state index contributed by atoms with van der Waals surface area (Å²) in [6, 6.07) is 0. The molecule has 0 saturated carbocycles. The van der Waals surface area contributed by atoms with Crippen LogP contribution in [0.2, 0.25) is 0 Å². The number of amides is 1. The number of nitrogens with zero attached hydrogens (tertiary/aromatic N) is 1. The maximum Gasteiger partial charge on any atom is 0.222 e. The van der Waals surface area contributed by atoms with Gasteiger partial charge in [0, 0.05) is 46.3 Å². The van der Waals surface area contributed by atoms with Crippen molar-refractivity contribution in [2.75, 3.05) is 46.5 Å². The first-order chi connectivity index (χ1) is 8.24. The highest BCUT2D eigenvalue weighted by atomic mass is 16.5. The van der Waals surface area contributed by atoms with E-state index in [9.17, 15) is 4.79 Å². The molecule has 17 heavy (non-hydrogen) atoms. The van der Waals surface area contributed by atoms with Gasteiger partial charge in [0.2, 0.25) is 5.91 Å². The number of nitrogens with one attached hydrogen (secondary N) is 1. The first kappa shape index (κ1) is 14.4. The lowest BCUT2D eigenvalue weighted by atomic mass is 10.2. The standard InChI is InChI=1S/C12H24N2O3/c1-3-16-7-4-5-12(15)14(2)10-11-9-13-6-8-17-11/h11,13H,3-10H2,1-2H3. The minimum Gasteiger partial charge on any atom is -0.382 e. The minimum atomic E-state index is 0.129. The van der Waals surface area contributed by atoms with Gasteiger partial charge in [0.25, 0.3) is 0 Å². The van der Waals surface area contributed by atoms with Crippen molar-refractivity contribution >= 4 is 5.91 Å². The SMILES string of the molecule is CCOCCCC(=O)N(C)CC1CNCCO1. The van der Waals surface area contributed by atoms with E-state index in [2.05, 4.69) is 5.32 Å². The molecule has 1 amide bonds. The van der Waals surface area contributed by atoms with Gasteiger partial charge < -0.3 is 19.7 Å². The summed E-state index contributed by atoms with van der Waals surface area (Å²) in [4.78, 5) is 13.5. The lowest BCUT2D eigenvalue weighted by Gasteiger charge is -2.28. The van der Waals surface area contributed by atoms with Crippen LogP contribution in [-0.2, 0) is 14.3 Å². The van der Waals surface area contributed by atoms with Crippen molar-refractivity contribution in [2.45, 2.75) is 25.9 Å². The topological polar surface area (TPSA) is 50.8 Å². The second kappa shape index (κ2) is 8.44. The zero-order chi connectivity index (χ0) is 12.5. The molecule has 5 nitrogen and oxygen atoms in total. The van der Waals surface area contributed by atoms with Crippen molar-refractivity contribution in [1.29, 1.82) is 0 Å². The summed E-state index contributed by atoms with van der Waals surface area (Å²) in [6.45, 7) is 6.47. The Labute approximate surface area is 103 Å². The van der Waals surface area contributed by atoms with Crippen molar-refractivity contribution in [2.24, 2.45) is 0 Å². The quantitative estimate of drug-likeness (QED) is 0.652. The van der Waals surface area contributed by atoms with E-state index in [4.69, 9.17) is 9.47 Å². The molecule has 1 saturated heterocycles. The van der Waals surface area contributed by atoms with Crippen molar-refractivity contribution in [3.05, 3.63) is 0 Å². The Bertz CT molecular complexity index is 218. The number of ether oxygens (including phenoxy) is 2. The molecule has 0 radical (unpaired) electrons. The van der Waals surface area contributed by atoms with E-state index < -0.39 is 0 Å². The fraction of sp³-hybridized carbons (Fsp3) is 0.917. The van der Waals surface area contributed by atoms with Crippen LogP contribution in [-0.4, -0.2) is 63.4 Å². The van der Waals surface area contributed by atoms with Crippen LogP contribution in [0.15, 0.2) is 0 Å². The summed E-state index contributed by atoms with van der Waals surface area (Å²) < 4.78 is 10.8. The first-order valence-electron chi connectivity index (χ1n) is 6.38. The molecule has 0 spiro atoms. The van der Waals surface area contributed by atoms with Crippen LogP contribution < -0.4 is 5.32 Å². The molecule has 1 N–H and O–H groups in total. The molecule has 5 heteroatoms. The molecule has 1 unspecified atom stereocenters. The third-order valence-corrected chi connectivity index (χ3v) is 2.79. The normalized spacial score (nSPS) is 20.2. The van der Waals surface area contributed by atoms with Gasteiger partial charge in [-0.1, -0.05) is 0 Å². The van der Waals surface area contributed by atoms with E-state index >= 15 is 0 Å². The lowest BCUT2D eigenvalue weighted by Crippen LogP contribution is -2.45. The second-order valence-electron chi connectivity index (χ2n) is 4.27. The summed E-state index contributed by atoms with van der Waals surface area (Å²) >= 11 is 0. The molecule has 0 aliphatic carbocycles. The Hall–Kier alpha value is -0.650. The Morgan fingerprint density at radius 2 is 2.41 bits per heavy atom. The van der Waals surface area contributed by atoms with Crippen molar-refractivity contribution in [1.82, 2.24) is 10.2 Å². The Kier molecular flexibility index (Phi) is 7.16. The molecule has 1 rings (SSSR count). The number of rotatable bonds is 7. The predicted octanol–water partition coefficient (Wildman–Crippen LogP) is 0.250. The van der Waals surface area contributed by atoms with Gasteiger partial charge in [-0.05, 0) is 13.3 Å². The molecule has 100 valence electrons. The Balaban J connectivity index is 2.12. The van der Waals surface area contributed by atoms with Crippen molar-refractivity contribution in [3.63, 3.8) is 0 Å². The number of carbonyl (C=O) groups is 1. The van der Waals surface area contributed by atoms with Crippen molar-refractivity contribution < 1.29 is 14.3 Å². The number of hydrogen-bond donors (Lipinski definition) is 1. The maximum atomic E-state index is 11.8. The Morgan fingerprint density at radius 1 is 1.59 bits per heavy atom. The van der Waals surface area contributed by atoms with E-state index in [1.165, 1.54) is 0 Å². The van der Waals surface area contributed by atoms with Crippen LogP contribution in [0.1, 0.15) is 19.8 Å². The molecular formula is C12H24N2O3. The molecule has 1 aliphatic rings. The largest absolute Gasteiger partial charge is 0.382 e. The van der Waals surface area contributed by atoms with Gasteiger partial charge >= 0.3 is 0 Å².